The lowest BCUT2D eigenvalue weighted by molar-refractivity contribution is -0.119. The topological polar surface area (TPSA) is 85.4 Å². The van der Waals surface area contributed by atoms with Crippen LogP contribution in [0.15, 0.2) is 41.4 Å². The first-order chi connectivity index (χ1) is 11.1. The van der Waals surface area contributed by atoms with Crippen molar-refractivity contribution in [3.63, 3.8) is 0 Å². The maximum absolute atomic E-state index is 12.5. The third-order valence-corrected chi connectivity index (χ3v) is 5.29. The Labute approximate surface area is 134 Å². The molecule has 1 aromatic heterocycles. The second-order valence-electron chi connectivity index (χ2n) is 5.53. The van der Waals surface area contributed by atoms with Crippen LogP contribution in [0.5, 0.6) is 0 Å². The van der Waals surface area contributed by atoms with Crippen molar-refractivity contribution in [3.8, 4) is 0 Å². The van der Waals surface area contributed by atoms with Gasteiger partial charge in [-0.1, -0.05) is 6.07 Å². The maximum Gasteiger partial charge on any atom is 0.264 e. The Morgan fingerprint density at radius 1 is 1.30 bits per heavy atom. The van der Waals surface area contributed by atoms with Gasteiger partial charge in [0, 0.05) is 24.6 Å². The van der Waals surface area contributed by atoms with Crippen LogP contribution in [-0.2, 0) is 19.6 Å². The molecule has 0 saturated carbocycles. The molecule has 0 radical (unpaired) electrons. The van der Waals surface area contributed by atoms with E-state index < -0.39 is 15.9 Å². The van der Waals surface area contributed by atoms with Gasteiger partial charge in [-0.2, -0.15) is 0 Å². The molecule has 1 aliphatic heterocycles. The highest BCUT2D eigenvalue weighted by Crippen LogP contribution is 2.21. The van der Waals surface area contributed by atoms with Crippen LogP contribution in [0.1, 0.15) is 25.7 Å². The zero-order valence-corrected chi connectivity index (χ0v) is 13.4. The summed E-state index contributed by atoms with van der Waals surface area (Å²) in [6, 6.07) is 8.16. The van der Waals surface area contributed by atoms with Gasteiger partial charge in [-0.3, -0.25) is 9.78 Å². The number of carbonyl (C=O) groups excluding carboxylic acids is 1. The molecular weight excluding hydrogens is 316 g/mol. The Kier molecular flexibility index (Phi) is 4.58. The fourth-order valence-electron chi connectivity index (χ4n) is 2.73. The molecule has 0 aliphatic carbocycles. The van der Waals surface area contributed by atoms with Crippen LogP contribution in [0.3, 0.4) is 0 Å². The molecule has 0 spiro atoms. The van der Waals surface area contributed by atoms with Gasteiger partial charge in [0.1, 0.15) is 0 Å². The van der Waals surface area contributed by atoms with Gasteiger partial charge in [0.25, 0.3) is 10.0 Å². The summed E-state index contributed by atoms with van der Waals surface area (Å²) in [7, 11) is -3.91. The molecule has 23 heavy (non-hydrogen) atoms. The Morgan fingerprint density at radius 3 is 2.96 bits per heavy atom. The lowest BCUT2D eigenvalue weighted by Crippen LogP contribution is -2.31. The van der Waals surface area contributed by atoms with Gasteiger partial charge in [0.05, 0.1) is 16.5 Å². The van der Waals surface area contributed by atoms with E-state index in [1.54, 1.807) is 30.5 Å². The molecule has 6 nitrogen and oxygen atoms in total. The van der Waals surface area contributed by atoms with Crippen LogP contribution < -0.4 is 4.72 Å². The first-order valence-corrected chi connectivity index (χ1v) is 9.05. The van der Waals surface area contributed by atoms with Gasteiger partial charge < -0.3 is 4.74 Å². The van der Waals surface area contributed by atoms with Crippen LogP contribution in [-0.4, -0.2) is 32.0 Å². The van der Waals surface area contributed by atoms with Crippen molar-refractivity contribution in [3.05, 3.63) is 36.5 Å². The van der Waals surface area contributed by atoms with Crippen molar-refractivity contribution in [1.82, 2.24) is 9.71 Å². The van der Waals surface area contributed by atoms with Gasteiger partial charge in [-0.15, -0.1) is 0 Å². The number of nitrogens with one attached hydrogen (secondary N) is 1. The van der Waals surface area contributed by atoms with Gasteiger partial charge in [-0.05, 0) is 43.5 Å². The van der Waals surface area contributed by atoms with Gasteiger partial charge in [0.15, 0.2) is 0 Å². The summed E-state index contributed by atoms with van der Waals surface area (Å²) in [4.78, 5) is 16.2. The van der Waals surface area contributed by atoms with Crippen molar-refractivity contribution in [2.24, 2.45) is 0 Å². The third-order valence-electron chi connectivity index (χ3n) is 3.86. The summed E-state index contributed by atoms with van der Waals surface area (Å²) >= 11 is 0. The molecule has 1 N–H and O–H groups in total. The lowest BCUT2D eigenvalue weighted by Gasteiger charge is -2.11. The number of fused-ring (bicyclic) bond motifs is 1. The zero-order valence-electron chi connectivity index (χ0n) is 12.6. The zero-order chi connectivity index (χ0) is 16.3. The van der Waals surface area contributed by atoms with E-state index in [4.69, 9.17) is 4.74 Å². The minimum atomic E-state index is -3.91. The highest BCUT2D eigenvalue weighted by atomic mass is 32.2. The molecule has 0 bridgehead atoms. The summed E-state index contributed by atoms with van der Waals surface area (Å²) < 4.78 is 32.5. The van der Waals surface area contributed by atoms with Gasteiger partial charge in [0.2, 0.25) is 5.91 Å². The first-order valence-electron chi connectivity index (χ1n) is 7.57. The lowest BCUT2D eigenvalue weighted by atomic mass is 10.1. The number of aromatic nitrogens is 1. The van der Waals surface area contributed by atoms with E-state index in [9.17, 15) is 13.2 Å². The molecule has 7 heteroatoms. The molecule has 1 aliphatic rings. The Bertz CT molecular complexity index is 808. The van der Waals surface area contributed by atoms with Crippen molar-refractivity contribution in [2.45, 2.75) is 36.7 Å². The number of pyridine rings is 1. The van der Waals surface area contributed by atoms with Gasteiger partial charge >= 0.3 is 0 Å². The summed E-state index contributed by atoms with van der Waals surface area (Å²) in [5, 5.41) is 0.495. The highest BCUT2D eigenvalue weighted by Gasteiger charge is 2.22. The van der Waals surface area contributed by atoms with Crippen molar-refractivity contribution in [1.29, 1.82) is 0 Å². The van der Waals surface area contributed by atoms with Gasteiger partial charge in [-0.25, -0.2) is 13.1 Å². The Morgan fingerprint density at radius 2 is 2.17 bits per heavy atom. The van der Waals surface area contributed by atoms with E-state index in [2.05, 4.69) is 9.71 Å². The highest BCUT2D eigenvalue weighted by molar-refractivity contribution is 7.90. The number of nitrogens with zero attached hydrogens (tertiary/aromatic N) is 1. The number of amides is 1. The maximum atomic E-state index is 12.5. The molecule has 2 heterocycles. The third kappa shape index (κ3) is 3.68. The number of sulfonamides is 1. The fourth-order valence-corrected chi connectivity index (χ4v) is 3.96. The number of hydrogen-bond acceptors (Lipinski definition) is 5. The van der Waals surface area contributed by atoms with Crippen molar-refractivity contribution >= 4 is 26.8 Å². The number of hydrogen-bond donors (Lipinski definition) is 1. The minimum absolute atomic E-state index is 0.0604. The van der Waals surface area contributed by atoms with Crippen LogP contribution in [0, 0.1) is 0 Å². The fraction of sp³-hybridized carbons (Fsp3) is 0.375. The molecule has 122 valence electrons. The second kappa shape index (κ2) is 6.64. The molecular formula is C16H18N2O4S. The number of ether oxygens (including phenoxy) is 1. The Balaban J connectivity index is 1.74. The average Bonchev–Trinajstić information content (AvgIpc) is 3.05. The van der Waals surface area contributed by atoms with Crippen LogP contribution >= 0.6 is 0 Å². The van der Waals surface area contributed by atoms with Crippen molar-refractivity contribution in [2.75, 3.05) is 6.61 Å². The monoisotopic (exact) mass is 334 g/mol. The molecule has 1 aromatic carbocycles. The first kappa shape index (κ1) is 15.9. The molecule has 1 saturated heterocycles. The predicted molar refractivity (Wildman–Crippen MR) is 85.3 cm³/mol. The second-order valence-corrected chi connectivity index (χ2v) is 7.18. The number of carbonyl (C=O) groups is 1. The smallest absolute Gasteiger partial charge is 0.264 e. The van der Waals surface area contributed by atoms with E-state index in [1.165, 1.54) is 6.07 Å². The van der Waals surface area contributed by atoms with Crippen LogP contribution in [0.2, 0.25) is 0 Å². The number of benzene rings is 1. The summed E-state index contributed by atoms with van der Waals surface area (Å²) in [6.45, 7) is 0.716. The van der Waals surface area contributed by atoms with E-state index >= 15 is 0 Å². The SMILES string of the molecule is O=C(CC[C@@H]1CCCO1)NS(=O)(=O)c1cccc2ncccc12. The quantitative estimate of drug-likeness (QED) is 0.904. The van der Waals surface area contributed by atoms with Crippen molar-refractivity contribution < 1.29 is 17.9 Å². The van der Waals surface area contributed by atoms with Crippen LogP contribution in [0.25, 0.3) is 10.9 Å². The molecule has 3 rings (SSSR count). The van der Waals surface area contributed by atoms with Crippen LogP contribution in [0.4, 0.5) is 0 Å². The van der Waals surface area contributed by atoms with E-state index in [-0.39, 0.29) is 17.4 Å². The Hall–Kier alpha value is -1.99. The largest absolute Gasteiger partial charge is 0.378 e. The number of rotatable bonds is 5. The molecule has 1 atom stereocenters. The normalized spacial score (nSPS) is 18.2. The van der Waals surface area contributed by atoms with E-state index in [1.807, 2.05) is 0 Å². The van der Waals surface area contributed by atoms with E-state index in [0.717, 1.165) is 12.8 Å². The summed E-state index contributed by atoms with van der Waals surface area (Å²) in [6.07, 6.45) is 4.25. The predicted octanol–water partition coefficient (Wildman–Crippen LogP) is 2.00. The average molecular weight is 334 g/mol. The molecule has 1 fully saturated rings. The summed E-state index contributed by atoms with van der Waals surface area (Å²) in [5.41, 5.74) is 0.571. The minimum Gasteiger partial charge on any atom is -0.378 e. The molecule has 0 unspecified atom stereocenters. The molecule has 2 aromatic rings. The summed E-state index contributed by atoms with van der Waals surface area (Å²) in [5.74, 6) is -0.513. The molecule has 1 amide bonds. The standard InChI is InChI=1S/C16H18N2O4S/c19-16(9-8-12-4-3-11-22-12)18-23(20,21)15-7-1-6-14-13(15)5-2-10-17-14/h1-2,5-7,10,12H,3-4,8-9,11H2,(H,18,19)/t12-/m0/s1. The van der Waals surface area contributed by atoms with E-state index in [0.29, 0.717) is 23.9 Å².